The van der Waals surface area contributed by atoms with Crippen molar-refractivity contribution in [3.05, 3.63) is 59.4 Å². The maximum absolute atomic E-state index is 13.9. The fraction of sp³-hybridized carbons (Fsp3) is 0.462. The fourth-order valence-electron chi connectivity index (χ4n) is 5.46. The topological polar surface area (TPSA) is 84.7 Å². The van der Waals surface area contributed by atoms with Gasteiger partial charge in [-0.3, -0.25) is 10.00 Å². The number of hydrogen-bond acceptors (Lipinski definition) is 6. The van der Waals surface area contributed by atoms with Gasteiger partial charge in [-0.2, -0.15) is 18.3 Å². The van der Waals surface area contributed by atoms with Crippen molar-refractivity contribution < 1.29 is 26.7 Å². The Morgan fingerprint density at radius 3 is 2.59 bits per heavy atom. The number of aromatic nitrogens is 6. The van der Waals surface area contributed by atoms with Crippen LogP contribution in [0, 0.1) is 0 Å². The summed E-state index contributed by atoms with van der Waals surface area (Å²) in [5, 5.41) is 15.6. The molecule has 5 heterocycles. The molecule has 8 nitrogen and oxygen atoms in total. The summed E-state index contributed by atoms with van der Waals surface area (Å²) in [4.78, 5) is 5.34. The number of rotatable bonds is 6. The molecule has 4 aromatic rings. The molecular weight excluding hydrogens is 521 g/mol. The molecule has 0 radical (unpaired) electrons. The SMILES string of the molecule is C[C@@H](c1nc(C(F)(F)F)cc2c(-c3cccc(C4(Cc5nncn5C)COC4)c3)n[nH]c12)N1CCC(F)(F)C1. The molecule has 206 valence electrons. The number of pyridine rings is 1. The number of ether oxygens (including phenoxy) is 1. The van der Waals surface area contributed by atoms with Gasteiger partial charge in [-0.15, -0.1) is 10.2 Å². The van der Waals surface area contributed by atoms with Crippen LogP contribution in [0.25, 0.3) is 22.2 Å². The van der Waals surface area contributed by atoms with E-state index in [0.29, 0.717) is 36.4 Å². The third kappa shape index (κ3) is 4.56. The Hall–Kier alpha value is -3.45. The lowest BCUT2D eigenvalue weighted by Crippen LogP contribution is -2.49. The zero-order valence-corrected chi connectivity index (χ0v) is 21.3. The first-order chi connectivity index (χ1) is 18.5. The predicted octanol–water partition coefficient (Wildman–Crippen LogP) is 4.68. The van der Waals surface area contributed by atoms with Crippen molar-refractivity contribution >= 4 is 10.9 Å². The van der Waals surface area contributed by atoms with E-state index < -0.39 is 30.4 Å². The van der Waals surface area contributed by atoms with Gasteiger partial charge in [0.1, 0.15) is 23.5 Å². The van der Waals surface area contributed by atoms with Crippen molar-refractivity contribution in [1.82, 2.24) is 34.8 Å². The van der Waals surface area contributed by atoms with Crippen LogP contribution in [-0.2, 0) is 29.8 Å². The molecule has 1 aromatic carbocycles. The van der Waals surface area contributed by atoms with E-state index in [4.69, 9.17) is 4.74 Å². The average molecular weight is 548 g/mol. The van der Waals surface area contributed by atoms with Gasteiger partial charge in [0.25, 0.3) is 5.92 Å². The number of benzene rings is 1. The summed E-state index contributed by atoms with van der Waals surface area (Å²) in [6.45, 7) is 2.06. The summed E-state index contributed by atoms with van der Waals surface area (Å²) in [6, 6.07) is 7.69. The van der Waals surface area contributed by atoms with E-state index in [2.05, 4.69) is 25.4 Å². The van der Waals surface area contributed by atoms with Gasteiger partial charge < -0.3 is 9.30 Å². The maximum Gasteiger partial charge on any atom is 0.433 e. The Kier molecular flexibility index (Phi) is 5.99. The molecule has 6 rings (SSSR count). The first-order valence-electron chi connectivity index (χ1n) is 12.6. The average Bonchev–Trinajstić information content (AvgIpc) is 3.57. The third-order valence-corrected chi connectivity index (χ3v) is 7.82. The molecule has 0 unspecified atom stereocenters. The summed E-state index contributed by atoms with van der Waals surface area (Å²) in [6.07, 6.45) is -2.86. The number of fused-ring (bicyclic) bond motifs is 1. The predicted molar refractivity (Wildman–Crippen MR) is 131 cm³/mol. The molecule has 2 fully saturated rings. The molecule has 13 heteroatoms. The summed E-state index contributed by atoms with van der Waals surface area (Å²) in [7, 11) is 1.86. The molecule has 1 N–H and O–H groups in total. The molecule has 2 saturated heterocycles. The Bertz CT molecular complexity index is 1520. The highest BCUT2D eigenvalue weighted by Gasteiger charge is 2.43. The molecule has 3 aromatic heterocycles. The molecule has 0 amide bonds. The van der Waals surface area contributed by atoms with Crippen LogP contribution in [0.1, 0.15) is 42.2 Å². The normalized spacial score (nSPS) is 19.9. The van der Waals surface area contributed by atoms with Crippen molar-refractivity contribution in [2.45, 2.75) is 43.3 Å². The second kappa shape index (κ2) is 9.05. The summed E-state index contributed by atoms with van der Waals surface area (Å²) in [5.41, 5.74) is 0.784. The van der Waals surface area contributed by atoms with Gasteiger partial charge in [0.2, 0.25) is 0 Å². The molecule has 2 aliphatic rings. The number of hydrogen-bond donors (Lipinski definition) is 1. The number of nitrogens with zero attached hydrogens (tertiary/aromatic N) is 6. The third-order valence-electron chi connectivity index (χ3n) is 7.82. The van der Waals surface area contributed by atoms with E-state index in [0.717, 1.165) is 17.5 Å². The van der Waals surface area contributed by atoms with E-state index in [-0.39, 0.29) is 29.5 Å². The number of H-pyrrole nitrogens is 1. The van der Waals surface area contributed by atoms with Crippen LogP contribution in [0.2, 0.25) is 0 Å². The van der Waals surface area contributed by atoms with E-state index in [1.807, 2.05) is 29.8 Å². The lowest BCUT2D eigenvalue weighted by molar-refractivity contribution is -0.141. The maximum atomic E-state index is 13.9. The zero-order chi connectivity index (χ0) is 27.6. The van der Waals surface area contributed by atoms with Crippen molar-refractivity contribution in [3.63, 3.8) is 0 Å². The van der Waals surface area contributed by atoms with Crippen LogP contribution in [0.15, 0.2) is 36.7 Å². The zero-order valence-electron chi connectivity index (χ0n) is 21.3. The molecular formula is C26H26F5N7O. The summed E-state index contributed by atoms with van der Waals surface area (Å²) in [5.74, 6) is -2.10. The number of aryl methyl sites for hydroxylation is 1. The van der Waals surface area contributed by atoms with Gasteiger partial charge in [-0.1, -0.05) is 18.2 Å². The molecule has 0 aliphatic carbocycles. The van der Waals surface area contributed by atoms with E-state index >= 15 is 0 Å². The standard InChI is InChI=1S/C26H26F5N7O/c1-15(38-7-6-25(27,28)11-38)21-23-18(9-19(33-21)26(29,30)31)22(35-36-23)16-4-3-5-17(8-16)24(12-39-13-24)10-20-34-32-14-37(20)2/h3-5,8-9,14-15H,6-7,10-13H2,1-2H3,(H,35,36)/t15-/m0/s1. The van der Waals surface area contributed by atoms with Crippen molar-refractivity contribution in [1.29, 1.82) is 0 Å². The number of aromatic amines is 1. The van der Waals surface area contributed by atoms with Gasteiger partial charge in [-0.25, -0.2) is 13.8 Å². The highest BCUT2D eigenvalue weighted by Crippen LogP contribution is 2.41. The molecule has 1 atom stereocenters. The minimum absolute atomic E-state index is 0.0403. The minimum atomic E-state index is -4.72. The number of likely N-dealkylation sites (tertiary alicyclic amines) is 1. The Balaban J connectivity index is 1.42. The number of nitrogens with one attached hydrogen (secondary N) is 1. The Morgan fingerprint density at radius 2 is 1.97 bits per heavy atom. The van der Waals surface area contributed by atoms with Gasteiger partial charge >= 0.3 is 6.18 Å². The van der Waals surface area contributed by atoms with Gasteiger partial charge in [0.05, 0.1) is 37.0 Å². The molecule has 0 spiro atoms. The van der Waals surface area contributed by atoms with Crippen LogP contribution >= 0.6 is 0 Å². The lowest BCUT2D eigenvalue weighted by atomic mass is 9.75. The van der Waals surface area contributed by atoms with Crippen molar-refractivity contribution in [2.24, 2.45) is 7.05 Å². The van der Waals surface area contributed by atoms with Crippen LogP contribution in [0.5, 0.6) is 0 Å². The summed E-state index contributed by atoms with van der Waals surface area (Å²) >= 11 is 0. The fourth-order valence-corrected chi connectivity index (χ4v) is 5.46. The Morgan fingerprint density at radius 1 is 1.18 bits per heavy atom. The number of alkyl halides is 5. The minimum Gasteiger partial charge on any atom is -0.379 e. The van der Waals surface area contributed by atoms with Gasteiger partial charge in [0.15, 0.2) is 0 Å². The van der Waals surface area contributed by atoms with Crippen LogP contribution in [-0.4, -0.2) is 67.1 Å². The molecule has 39 heavy (non-hydrogen) atoms. The molecule has 2 aliphatic heterocycles. The van der Waals surface area contributed by atoms with Gasteiger partial charge in [0, 0.05) is 42.8 Å². The summed E-state index contributed by atoms with van der Waals surface area (Å²) < 4.78 is 77.0. The second-order valence-corrected chi connectivity index (χ2v) is 10.5. The molecule has 0 bridgehead atoms. The van der Waals surface area contributed by atoms with Crippen LogP contribution in [0.4, 0.5) is 22.0 Å². The monoisotopic (exact) mass is 547 g/mol. The van der Waals surface area contributed by atoms with Crippen molar-refractivity contribution in [2.75, 3.05) is 26.3 Å². The van der Waals surface area contributed by atoms with Crippen LogP contribution in [0.3, 0.4) is 0 Å². The van der Waals surface area contributed by atoms with Gasteiger partial charge in [-0.05, 0) is 24.6 Å². The van der Waals surface area contributed by atoms with E-state index in [1.54, 1.807) is 19.3 Å². The van der Waals surface area contributed by atoms with E-state index in [9.17, 15) is 22.0 Å². The first-order valence-corrected chi connectivity index (χ1v) is 12.6. The highest BCUT2D eigenvalue weighted by molar-refractivity contribution is 5.94. The second-order valence-electron chi connectivity index (χ2n) is 10.5. The van der Waals surface area contributed by atoms with Crippen LogP contribution < -0.4 is 0 Å². The quantitative estimate of drug-likeness (QED) is 0.353. The van der Waals surface area contributed by atoms with E-state index in [1.165, 1.54) is 4.90 Å². The number of halogens is 5. The Labute approximate surface area is 220 Å². The largest absolute Gasteiger partial charge is 0.433 e. The van der Waals surface area contributed by atoms with Crippen molar-refractivity contribution in [3.8, 4) is 11.3 Å². The smallest absolute Gasteiger partial charge is 0.379 e. The lowest BCUT2D eigenvalue weighted by Gasteiger charge is -2.41. The highest BCUT2D eigenvalue weighted by atomic mass is 19.4. The first kappa shape index (κ1) is 25.8. The molecule has 0 saturated carbocycles.